The van der Waals surface area contributed by atoms with Gasteiger partial charge in [-0.2, -0.15) is 9.97 Å². The average molecular weight is 252 g/mol. The third-order valence-electron chi connectivity index (χ3n) is 2.12. The van der Waals surface area contributed by atoms with E-state index >= 15 is 0 Å². The summed E-state index contributed by atoms with van der Waals surface area (Å²) < 4.78 is 31.3. The first kappa shape index (κ1) is 12.0. The lowest BCUT2D eigenvalue weighted by molar-refractivity contribution is 0.398. The van der Waals surface area contributed by atoms with E-state index in [1.807, 2.05) is 0 Å². The standard InChI is InChI=1S/C11H10F2N4O/c1-18-10-5-9(16-11(14)17-10)15-8-4-6(12)2-3-7(8)13/h2-5H,1H3,(H3,14,15,16,17). The molecule has 2 rings (SSSR count). The van der Waals surface area contributed by atoms with Crippen LogP contribution in [0.1, 0.15) is 0 Å². The first-order valence-corrected chi connectivity index (χ1v) is 4.99. The summed E-state index contributed by atoms with van der Waals surface area (Å²) in [6.07, 6.45) is 0. The first-order valence-electron chi connectivity index (χ1n) is 4.99. The van der Waals surface area contributed by atoms with Crippen molar-refractivity contribution in [3.63, 3.8) is 0 Å². The summed E-state index contributed by atoms with van der Waals surface area (Å²) in [4.78, 5) is 7.60. The van der Waals surface area contributed by atoms with E-state index < -0.39 is 11.6 Å². The van der Waals surface area contributed by atoms with Crippen molar-refractivity contribution in [3.05, 3.63) is 35.9 Å². The van der Waals surface area contributed by atoms with E-state index in [-0.39, 0.29) is 23.3 Å². The topological polar surface area (TPSA) is 73.1 Å². The molecule has 0 aliphatic carbocycles. The Balaban J connectivity index is 2.33. The van der Waals surface area contributed by atoms with Crippen molar-refractivity contribution >= 4 is 17.5 Å². The van der Waals surface area contributed by atoms with E-state index in [0.717, 1.165) is 18.2 Å². The SMILES string of the molecule is COc1cc(Nc2cc(F)ccc2F)nc(N)n1. The Morgan fingerprint density at radius 2 is 2.00 bits per heavy atom. The smallest absolute Gasteiger partial charge is 0.225 e. The van der Waals surface area contributed by atoms with Gasteiger partial charge in [0.1, 0.15) is 17.5 Å². The molecule has 2 aromatic rings. The summed E-state index contributed by atoms with van der Waals surface area (Å²) in [7, 11) is 1.41. The van der Waals surface area contributed by atoms with Crippen molar-refractivity contribution in [2.24, 2.45) is 0 Å². The average Bonchev–Trinajstić information content (AvgIpc) is 2.33. The molecule has 0 spiro atoms. The molecular weight excluding hydrogens is 242 g/mol. The zero-order valence-corrected chi connectivity index (χ0v) is 9.45. The Labute approximate surface area is 102 Å². The molecule has 0 aliphatic heterocycles. The number of rotatable bonds is 3. The maximum Gasteiger partial charge on any atom is 0.225 e. The van der Waals surface area contributed by atoms with Gasteiger partial charge in [-0.25, -0.2) is 8.78 Å². The van der Waals surface area contributed by atoms with Gasteiger partial charge in [0.05, 0.1) is 12.8 Å². The van der Waals surface area contributed by atoms with E-state index in [0.29, 0.717) is 0 Å². The van der Waals surface area contributed by atoms with Crippen molar-refractivity contribution in [2.45, 2.75) is 0 Å². The van der Waals surface area contributed by atoms with Crippen molar-refractivity contribution < 1.29 is 13.5 Å². The number of ether oxygens (including phenoxy) is 1. The lowest BCUT2D eigenvalue weighted by Gasteiger charge is -2.08. The highest BCUT2D eigenvalue weighted by atomic mass is 19.1. The highest BCUT2D eigenvalue weighted by Gasteiger charge is 2.07. The van der Waals surface area contributed by atoms with Gasteiger partial charge in [0, 0.05) is 12.1 Å². The summed E-state index contributed by atoms with van der Waals surface area (Å²) in [5.74, 6) is -0.764. The molecule has 94 valence electrons. The number of nitrogens with one attached hydrogen (secondary N) is 1. The van der Waals surface area contributed by atoms with Crippen LogP contribution in [0.5, 0.6) is 5.88 Å². The molecule has 5 nitrogen and oxygen atoms in total. The van der Waals surface area contributed by atoms with Crippen LogP contribution in [0.15, 0.2) is 24.3 Å². The zero-order chi connectivity index (χ0) is 13.1. The Bertz CT molecular complexity index is 577. The number of nitrogens with two attached hydrogens (primary N) is 1. The van der Waals surface area contributed by atoms with Crippen LogP contribution >= 0.6 is 0 Å². The van der Waals surface area contributed by atoms with Crippen LogP contribution in [0.25, 0.3) is 0 Å². The van der Waals surface area contributed by atoms with Gasteiger partial charge in [0.15, 0.2) is 0 Å². The van der Waals surface area contributed by atoms with E-state index in [4.69, 9.17) is 10.5 Å². The van der Waals surface area contributed by atoms with Gasteiger partial charge in [-0.15, -0.1) is 0 Å². The molecular formula is C11H10F2N4O. The van der Waals surface area contributed by atoms with Gasteiger partial charge in [-0.3, -0.25) is 0 Å². The van der Waals surface area contributed by atoms with E-state index in [1.54, 1.807) is 0 Å². The van der Waals surface area contributed by atoms with Gasteiger partial charge in [0.2, 0.25) is 11.8 Å². The number of hydrogen-bond acceptors (Lipinski definition) is 5. The Morgan fingerprint density at radius 3 is 2.72 bits per heavy atom. The molecule has 0 saturated heterocycles. The fourth-order valence-electron chi connectivity index (χ4n) is 1.34. The minimum Gasteiger partial charge on any atom is -0.481 e. The van der Waals surface area contributed by atoms with E-state index in [1.165, 1.54) is 13.2 Å². The molecule has 0 atom stereocenters. The summed E-state index contributed by atoms with van der Waals surface area (Å²) in [6, 6.07) is 4.47. The number of anilines is 3. The number of nitrogen functional groups attached to an aromatic ring is 1. The molecule has 0 bridgehead atoms. The van der Waals surface area contributed by atoms with Crippen LogP contribution in [0.4, 0.5) is 26.2 Å². The number of hydrogen-bond donors (Lipinski definition) is 2. The van der Waals surface area contributed by atoms with E-state index in [9.17, 15) is 8.78 Å². The molecule has 1 aromatic heterocycles. The Morgan fingerprint density at radius 1 is 1.22 bits per heavy atom. The molecule has 0 saturated carbocycles. The van der Waals surface area contributed by atoms with Gasteiger partial charge >= 0.3 is 0 Å². The monoisotopic (exact) mass is 252 g/mol. The number of nitrogens with zero attached hydrogens (tertiary/aromatic N) is 2. The zero-order valence-electron chi connectivity index (χ0n) is 9.45. The van der Waals surface area contributed by atoms with Crippen LogP contribution in [0, 0.1) is 11.6 Å². The van der Waals surface area contributed by atoms with Crippen LogP contribution < -0.4 is 15.8 Å². The summed E-state index contributed by atoms with van der Waals surface area (Å²) in [5, 5.41) is 2.60. The highest BCUT2D eigenvalue weighted by Crippen LogP contribution is 2.22. The first-order chi connectivity index (χ1) is 8.58. The number of benzene rings is 1. The van der Waals surface area contributed by atoms with E-state index in [2.05, 4.69) is 15.3 Å². The molecule has 0 fully saturated rings. The number of aromatic nitrogens is 2. The lowest BCUT2D eigenvalue weighted by atomic mass is 10.3. The van der Waals surface area contributed by atoms with Gasteiger partial charge in [0.25, 0.3) is 0 Å². The second-order valence-corrected chi connectivity index (χ2v) is 3.40. The number of halogens is 2. The van der Waals surface area contributed by atoms with Crippen molar-refractivity contribution in [1.29, 1.82) is 0 Å². The third-order valence-corrected chi connectivity index (χ3v) is 2.12. The third kappa shape index (κ3) is 2.62. The molecule has 18 heavy (non-hydrogen) atoms. The minimum absolute atomic E-state index is 0.0336. The van der Waals surface area contributed by atoms with Gasteiger partial charge < -0.3 is 15.8 Å². The van der Waals surface area contributed by atoms with Crippen molar-refractivity contribution in [3.8, 4) is 5.88 Å². The summed E-state index contributed by atoms with van der Waals surface area (Å²) in [6.45, 7) is 0. The second-order valence-electron chi connectivity index (χ2n) is 3.40. The molecule has 0 unspecified atom stereocenters. The fourth-order valence-corrected chi connectivity index (χ4v) is 1.34. The van der Waals surface area contributed by atoms with Crippen LogP contribution in [-0.2, 0) is 0 Å². The predicted octanol–water partition coefficient (Wildman–Crippen LogP) is 2.09. The number of methoxy groups -OCH3 is 1. The normalized spacial score (nSPS) is 10.2. The predicted molar refractivity (Wildman–Crippen MR) is 62.6 cm³/mol. The lowest BCUT2D eigenvalue weighted by Crippen LogP contribution is -2.03. The van der Waals surface area contributed by atoms with Gasteiger partial charge in [-0.05, 0) is 12.1 Å². The molecule has 0 aliphatic rings. The van der Waals surface area contributed by atoms with Crippen molar-refractivity contribution in [1.82, 2.24) is 9.97 Å². The minimum atomic E-state index is -0.604. The Kier molecular flexibility index (Phi) is 3.22. The maximum absolute atomic E-state index is 13.4. The molecule has 0 amide bonds. The maximum atomic E-state index is 13.4. The van der Waals surface area contributed by atoms with Gasteiger partial charge in [-0.1, -0.05) is 0 Å². The second kappa shape index (κ2) is 4.82. The largest absolute Gasteiger partial charge is 0.481 e. The molecule has 1 heterocycles. The van der Waals surface area contributed by atoms with Crippen LogP contribution in [-0.4, -0.2) is 17.1 Å². The quantitative estimate of drug-likeness (QED) is 0.875. The van der Waals surface area contributed by atoms with Crippen LogP contribution in [0.2, 0.25) is 0 Å². The highest BCUT2D eigenvalue weighted by molar-refractivity contribution is 5.58. The molecule has 3 N–H and O–H groups in total. The molecule has 1 aromatic carbocycles. The summed E-state index contributed by atoms with van der Waals surface area (Å²) in [5.41, 5.74) is 5.40. The van der Waals surface area contributed by atoms with Crippen LogP contribution in [0.3, 0.4) is 0 Å². The fraction of sp³-hybridized carbons (Fsp3) is 0.0909. The molecule has 0 radical (unpaired) electrons. The molecule has 7 heteroatoms. The summed E-state index contributed by atoms with van der Waals surface area (Å²) >= 11 is 0. The Hall–Kier alpha value is -2.44. The van der Waals surface area contributed by atoms with Crippen molar-refractivity contribution in [2.75, 3.05) is 18.2 Å².